The molecule has 22 heavy (non-hydrogen) atoms. The van der Waals surface area contributed by atoms with Gasteiger partial charge in [-0.15, -0.1) is 0 Å². The zero-order valence-electron chi connectivity index (χ0n) is 12.2. The zero-order valence-corrected chi connectivity index (χ0v) is 14.7. The third kappa shape index (κ3) is 7.91. The van der Waals surface area contributed by atoms with Crippen LogP contribution < -0.4 is 0 Å². The van der Waals surface area contributed by atoms with Crippen LogP contribution in [0.2, 0.25) is 0 Å². The smallest absolute Gasteiger partial charge is 0.445 e. The van der Waals surface area contributed by atoms with Crippen LogP contribution in [0.5, 0.6) is 0 Å². The van der Waals surface area contributed by atoms with Crippen LogP contribution in [0.15, 0.2) is 30.3 Å². The van der Waals surface area contributed by atoms with Crippen molar-refractivity contribution in [3.63, 3.8) is 0 Å². The summed E-state index contributed by atoms with van der Waals surface area (Å²) in [4.78, 5) is 22.3. The molecule has 0 saturated heterocycles. The minimum atomic E-state index is -4.07. The van der Waals surface area contributed by atoms with Crippen molar-refractivity contribution in [1.29, 1.82) is 0 Å². The van der Waals surface area contributed by atoms with Gasteiger partial charge in [-0.1, -0.05) is 46.3 Å². The zero-order chi connectivity index (χ0) is 16.4. The molecule has 0 saturated carbocycles. The number of phosphoric ester groups is 1. The molecule has 1 atom stereocenters. The first-order valence-electron chi connectivity index (χ1n) is 6.54. The third-order valence-electron chi connectivity index (χ3n) is 2.53. The van der Waals surface area contributed by atoms with E-state index in [-0.39, 0.29) is 26.4 Å². The van der Waals surface area contributed by atoms with Crippen LogP contribution in [0, 0.1) is 0 Å². The van der Waals surface area contributed by atoms with Crippen molar-refractivity contribution < 1.29 is 28.0 Å². The van der Waals surface area contributed by atoms with E-state index in [1.54, 1.807) is 0 Å². The van der Waals surface area contributed by atoms with Crippen molar-refractivity contribution in [3.8, 4) is 0 Å². The summed E-state index contributed by atoms with van der Waals surface area (Å²) in [5.41, 5.74) is 0.878. The number of benzene rings is 1. The predicted molar refractivity (Wildman–Crippen MR) is 84.8 cm³/mol. The average Bonchev–Trinajstić information content (AvgIpc) is 2.51. The number of hydrogen-bond donors (Lipinski definition) is 1. The molecule has 1 unspecified atom stereocenters. The molecule has 0 aliphatic rings. The first kappa shape index (κ1) is 19.1. The number of phosphoric acid groups is 1. The summed E-state index contributed by atoms with van der Waals surface area (Å²) in [6.45, 7) is 0.198. The Morgan fingerprint density at radius 3 is 2.55 bits per heavy atom. The van der Waals surface area contributed by atoms with Gasteiger partial charge in [0.05, 0.1) is 13.2 Å². The van der Waals surface area contributed by atoms with E-state index < -0.39 is 13.9 Å². The fraction of sp³-hybridized carbons (Fsp3) is 0.462. The number of amides is 1. The van der Waals surface area contributed by atoms with Gasteiger partial charge in [0.1, 0.15) is 6.61 Å². The van der Waals surface area contributed by atoms with Crippen molar-refractivity contribution in [3.05, 3.63) is 35.9 Å². The van der Waals surface area contributed by atoms with Crippen molar-refractivity contribution in [2.45, 2.75) is 6.61 Å². The van der Waals surface area contributed by atoms with Crippen molar-refractivity contribution >= 4 is 29.8 Å². The monoisotopic (exact) mass is 395 g/mol. The van der Waals surface area contributed by atoms with Gasteiger partial charge in [0.15, 0.2) is 0 Å². The molecule has 0 fully saturated rings. The van der Waals surface area contributed by atoms with Gasteiger partial charge in [0.2, 0.25) is 0 Å². The van der Waals surface area contributed by atoms with Crippen LogP contribution in [-0.2, 0) is 25.0 Å². The van der Waals surface area contributed by atoms with E-state index in [1.807, 2.05) is 30.3 Å². The lowest BCUT2D eigenvalue weighted by molar-refractivity contribution is 0.0930. The summed E-state index contributed by atoms with van der Waals surface area (Å²) in [6, 6.07) is 9.28. The predicted octanol–water partition coefficient (Wildman–Crippen LogP) is 2.78. The lowest BCUT2D eigenvalue weighted by atomic mass is 10.2. The Kier molecular flexibility index (Phi) is 8.67. The second-order valence-electron chi connectivity index (χ2n) is 4.29. The van der Waals surface area contributed by atoms with E-state index in [1.165, 1.54) is 11.9 Å². The Balaban J connectivity index is 2.25. The molecule has 0 aliphatic heterocycles. The van der Waals surface area contributed by atoms with Crippen LogP contribution in [0.25, 0.3) is 0 Å². The number of carbonyl (C=O) groups is 1. The Morgan fingerprint density at radius 1 is 1.27 bits per heavy atom. The first-order chi connectivity index (χ1) is 10.4. The molecular formula is C13H19BrNO6P. The first-order valence-corrected chi connectivity index (χ1v) is 9.16. The van der Waals surface area contributed by atoms with E-state index in [2.05, 4.69) is 20.5 Å². The van der Waals surface area contributed by atoms with Gasteiger partial charge in [-0.3, -0.25) is 9.05 Å². The van der Waals surface area contributed by atoms with Gasteiger partial charge in [-0.2, -0.15) is 0 Å². The summed E-state index contributed by atoms with van der Waals surface area (Å²) < 4.78 is 25.9. The number of rotatable bonds is 9. The lowest BCUT2D eigenvalue weighted by Crippen LogP contribution is -2.30. The normalized spacial score (nSPS) is 13.4. The summed E-state index contributed by atoms with van der Waals surface area (Å²) >= 11 is 3.07. The molecule has 1 aromatic carbocycles. The van der Waals surface area contributed by atoms with Gasteiger partial charge in [-0.05, 0) is 5.56 Å². The number of ether oxygens (including phenoxy) is 1. The molecule has 7 nitrogen and oxygen atoms in total. The maximum absolute atomic E-state index is 11.7. The minimum absolute atomic E-state index is 0.0583. The van der Waals surface area contributed by atoms with Gasteiger partial charge < -0.3 is 14.5 Å². The van der Waals surface area contributed by atoms with Crippen LogP contribution >= 0.6 is 23.8 Å². The fourth-order valence-corrected chi connectivity index (χ4v) is 2.52. The van der Waals surface area contributed by atoms with Gasteiger partial charge in [-0.25, -0.2) is 9.36 Å². The number of carbonyl (C=O) groups excluding carboxylic acids is 1. The van der Waals surface area contributed by atoms with Crippen LogP contribution in [0.4, 0.5) is 4.79 Å². The van der Waals surface area contributed by atoms with Crippen molar-refractivity contribution in [2.24, 2.45) is 0 Å². The molecule has 1 aromatic rings. The summed E-state index contributed by atoms with van der Waals surface area (Å²) in [7, 11) is -2.56. The Labute approximate surface area is 137 Å². The highest BCUT2D eigenvalue weighted by Gasteiger charge is 2.21. The Morgan fingerprint density at radius 2 is 1.91 bits per heavy atom. The van der Waals surface area contributed by atoms with E-state index in [4.69, 9.17) is 9.26 Å². The quantitative estimate of drug-likeness (QED) is 0.511. The molecular weight excluding hydrogens is 377 g/mol. The lowest BCUT2D eigenvalue weighted by Gasteiger charge is -2.18. The molecule has 9 heteroatoms. The molecule has 1 amide bonds. The highest BCUT2D eigenvalue weighted by Crippen LogP contribution is 2.42. The van der Waals surface area contributed by atoms with Gasteiger partial charge >= 0.3 is 13.9 Å². The summed E-state index contributed by atoms with van der Waals surface area (Å²) in [5.74, 6) is 0. The van der Waals surface area contributed by atoms with Crippen LogP contribution in [-0.4, -0.2) is 48.0 Å². The molecule has 0 aliphatic carbocycles. The third-order valence-corrected chi connectivity index (χ3v) is 3.87. The maximum atomic E-state index is 11.7. The Hall–Kier alpha value is -0.920. The molecule has 0 bridgehead atoms. The molecule has 0 heterocycles. The SMILES string of the molecule is CN(CCOP(=O)(O)OCCBr)C(=O)OCc1ccccc1. The summed E-state index contributed by atoms with van der Waals surface area (Å²) in [6.07, 6.45) is -0.540. The number of hydrogen-bond acceptors (Lipinski definition) is 5. The number of halogens is 1. The molecule has 0 aromatic heterocycles. The number of nitrogens with zero attached hydrogens (tertiary/aromatic N) is 1. The van der Waals surface area contributed by atoms with E-state index in [0.29, 0.717) is 5.33 Å². The van der Waals surface area contributed by atoms with E-state index in [9.17, 15) is 14.3 Å². The second kappa shape index (κ2) is 9.97. The van der Waals surface area contributed by atoms with Gasteiger partial charge in [0, 0.05) is 18.9 Å². The summed E-state index contributed by atoms with van der Waals surface area (Å²) in [5, 5.41) is 0.423. The van der Waals surface area contributed by atoms with Gasteiger partial charge in [0.25, 0.3) is 0 Å². The average molecular weight is 396 g/mol. The molecule has 124 valence electrons. The minimum Gasteiger partial charge on any atom is -0.445 e. The molecule has 0 spiro atoms. The van der Waals surface area contributed by atoms with Crippen molar-refractivity contribution in [2.75, 3.05) is 32.1 Å². The second-order valence-corrected chi connectivity index (χ2v) is 6.53. The highest BCUT2D eigenvalue weighted by atomic mass is 79.9. The standard InChI is InChI=1S/C13H19BrNO6P/c1-15(8-10-21-22(17,18)20-9-7-14)13(16)19-11-12-5-3-2-4-6-12/h2-6H,7-11H2,1H3,(H,17,18). The Bertz CT molecular complexity index is 501. The fourth-order valence-electron chi connectivity index (χ4n) is 1.40. The topological polar surface area (TPSA) is 85.3 Å². The molecule has 1 N–H and O–H groups in total. The number of alkyl halides is 1. The molecule has 0 radical (unpaired) electrons. The number of likely N-dealkylation sites (N-methyl/N-ethyl adjacent to an activating group) is 1. The van der Waals surface area contributed by atoms with Crippen molar-refractivity contribution in [1.82, 2.24) is 4.90 Å². The molecule has 1 rings (SSSR count). The van der Waals surface area contributed by atoms with Crippen LogP contribution in [0.3, 0.4) is 0 Å². The van der Waals surface area contributed by atoms with E-state index in [0.717, 1.165) is 5.56 Å². The highest BCUT2D eigenvalue weighted by molar-refractivity contribution is 9.09. The largest absolute Gasteiger partial charge is 0.472 e. The van der Waals surface area contributed by atoms with Crippen LogP contribution in [0.1, 0.15) is 5.56 Å². The van der Waals surface area contributed by atoms with E-state index >= 15 is 0 Å². The maximum Gasteiger partial charge on any atom is 0.472 e.